The van der Waals surface area contributed by atoms with Gasteiger partial charge in [0, 0.05) is 62.1 Å². The number of nitrogens with one attached hydrogen (secondary N) is 2. The summed E-state index contributed by atoms with van der Waals surface area (Å²) >= 11 is 0. The van der Waals surface area contributed by atoms with Crippen molar-refractivity contribution >= 4 is 17.8 Å². The highest BCUT2D eigenvalue weighted by Crippen LogP contribution is 2.49. The molecular weight excluding hydrogens is 490 g/mol. The van der Waals surface area contributed by atoms with Crippen LogP contribution < -0.4 is 20.1 Å². The van der Waals surface area contributed by atoms with E-state index in [1.165, 1.54) is 0 Å². The predicted molar refractivity (Wildman–Crippen MR) is 145 cm³/mol. The fourth-order valence-electron chi connectivity index (χ4n) is 5.94. The Morgan fingerprint density at radius 3 is 2.61 bits per heavy atom. The summed E-state index contributed by atoms with van der Waals surface area (Å²) in [6.07, 6.45) is 2.38. The second-order valence-corrected chi connectivity index (χ2v) is 10.9. The maximum atomic E-state index is 15.2. The Hall–Kier alpha value is -2.91. The van der Waals surface area contributed by atoms with E-state index < -0.39 is 5.67 Å². The Morgan fingerprint density at radius 1 is 1.18 bits per heavy atom. The Kier molecular flexibility index (Phi) is 7.77. The van der Waals surface area contributed by atoms with Crippen LogP contribution in [-0.2, 0) is 11.2 Å². The number of methoxy groups -OCH3 is 1. The molecule has 0 aromatic heterocycles. The first-order valence-electron chi connectivity index (χ1n) is 13.5. The van der Waals surface area contributed by atoms with Gasteiger partial charge in [-0.05, 0) is 50.3 Å². The summed E-state index contributed by atoms with van der Waals surface area (Å²) in [6.45, 7) is 5.18. The van der Waals surface area contributed by atoms with Crippen molar-refractivity contribution in [1.82, 2.24) is 9.80 Å². The van der Waals surface area contributed by atoms with E-state index in [1.54, 1.807) is 14.2 Å². The molecule has 1 saturated carbocycles. The zero-order valence-corrected chi connectivity index (χ0v) is 22.4. The first-order valence-corrected chi connectivity index (χ1v) is 13.5. The van der Waals surface area contributed by atoms with Crippen molar-refractivity contribution in [2.45, 2.75) is 56.4 Å². The number of fused-ring (bicyclic) bond motifs is 1. The van der Waals surface area contributed by atoms with E-state index in [2.05, 4.69) is 33.4 Å². The van der Waals surface area contributed by atoms with Crippen LogP contribution in [0.5, 0.6) is 11.5 Å². The molecule has 2 aliphatic heterocycles. The van der Waals surface area contributed by atoms with Gasteiger partial charge in [-0.3, -0.25) is 19.0 Å². The molecule has 5 rings (SSSR count). The van der Waals surface area contributed by atoms with Gasteiger partial charge in [0.05, 0.1) is 31.6 Å². The molecule has 7 nitrogen and oxygen atoms in total. The van der Waals surface area contributed by atoms with Gasteiger partial charge >= 0.3 is 0 Å². The molecule has 1 saturated heterocycles. The molecule has 9 heteroatoms. The van der Waals surface area contributed by atoms with Crippen LogP contribution in [-0.4, -0.2) is 81.0 Å². The highest BCUT2D eigenvalue weighted by Gasteiger charge is 2.48. The Bertz CT molecular complexity index is 1150. The number of alkyl halides is 2. The normalized spacial score (nSPS) is 22.8. The van der Waals surface area contributed by atoms with Crippen molar-refractivity contribution in [2.75, 3.05) is 57.6 Å². The molecule has 0 spiro atoms. The maximum absolute atomic E-state index is 15.2. The van der Waals surface area contributed by atoms with E-state index in [4.69, 9.17) is 9.47 Å². The fraction of sp³-hybridized carbons (Fsp3) is 0.552. The first-order chi connectivity index (χ1) is 18.4. The van der Waals surface area contributed by atoms with E-state index in [0.29, 0.717) is 50.5 Å². The third-order valence-corrected chi connectivity index (χ3v) is 8.15. The molecule has 2 heterocycles. The lowest BCUT2D eigenvalue weighted by Crippen LogP contribution is -2.54. The number of rotatable bonds is 12. The number of hydrogen-bond acceptors (Lipinski definition) is 7. The molecule has 206 valence electrons. The molecule has 2 N–H and O–H groups in total. The molecule has 1 aliphatic carbocycles. The number of anilines is 2. The molecule has 2 atom stereocenters. The van der Waals surface area contributed by atoms with Crippen molar-refractivity contribution in [2.24, 2.45) is 0 Å². The van der Waals surface area contributed by atoms with Crippen LogP contribution in [0.15, 0.2) is 30.3 Å². The summed E-state index contributed by atoms with van der Waals surface area (Å²) in [4.78, 5) is 15.9. The number of carbonyl (C=O) groups is 1. The molecule has 2 aromatic rings. The van der Waals surface area contributed by atoms with Crippen LogP contribution >= 0.6 is 0 Å². The van der Waals surface area contributed by atoms with Gasteiger partial charge in [-0.25, -0.2) is 4.39 Å². The van der Waals surface area contributed by atoms with Gasteiger partial charge in [0.2, 0.25) is 0 Å². The summed E-state index contributed by atoms with van der Waals surface area (Å²) in [5, 5.41) is 6.68. The number of ether oxygens (including phenoxy) is 2. The summed E-state index contributed by atoms with van der Waals surface area (Å²) < 4.78 is 39.0. The van der Waals surface area contributed by atoms with Crippen LogP contribution in [0.2, 0.25) is 0 Å². The van der Waals surface area contributed by atoms with Gasteiger partial charge < -0.3 is 20.1 Å². The zero-order chi connectivity index (χ0) is 26.9. The lowest BCUT2D eigenvalue weighted by atomic mass is 9.83. The lowest BCUT2D eigenvalue weighted by molar-refractivity contribution is -0.120. The van der Waals surface area contributed by atoms with E-state index in [0.717, 1.165) is 53.4 Å². The minimum absolute atomic E-state index is 0.0228. The monoisotopic (exact) mass is 528 g/mol. The topological polar surface area (TPSA) is 66.1 Å². The third-order valence-electron chi connectivity index (χ3n) is 8.15. The molecule has 1 unspecified atom stereocenters. The van der Waals surface area contributed by atoms with E-state index in [9.17, 15) is 9.18 Å². The molecule has 38 heavy (non-hydrogen) atoms. The average molecular weight is 529 g/mol. The van der Waals surface area contributed by atoms with E-state index in [-0.39, 0.29) is 18.8 Å². The minimum atomic E-state index is -1.16. The number of hydrogen-bond donors (Lipinski definition) is 2. The number of likely N-dealkylation sites (tertiary alicyclic amines) is 1. The van der Waals surface area contributed by atoms with Crippen molar-refractivity contribution in [3.63, 3.8) is 0 Å². The summed E-state index contributed by atoms with van der Waals surface area (Å²) in [5.74, 6) is 1.25. The van der Waals surface area contributed by atoms with Crippen molar-refractivity contribution in [3.8, 4) is 11.5 Å². The largest absolute Gasteiger partial charge is 0.496 e. The van der Waals surface area contributed by atoms with Gasteiger partial charge in [0.15, 0.2) is 5.75 Å². The Balaban J connectivity index is 1.48. The third kappa shape index (κ3) is 5.31. The highest BCUT2D eigenvalue weighted by molar-refractivity contribution is 5.68. The van der Waals surface area contributed by atoms with Crippen molar-refractivity contribution in [1.29, 1.82) is 0 Å². The number of nitrogens with zero attached hydrogens (tertiary/aromatic N) is 2. The Labute approximate surface area is 223 Å². The van der Waals surface area contributed by atoms with Gasteiger partial charge in [0.1, 0.15) is 11.4 Å². The van der Waals surface area contributed by atoms with Gasteiger partial charge in [0.25, 0.3) is 6.47 Å². The predicted octanol–water partition coefficient (Wildman–Crippen LogP) is 4.57. The zero-order valence-electron chi connectivity index (χ0n) is 22.4. The molecule has 2 aromatic carbocycles. The van der Waals surface area contributed by atoms with Crippen LogP contribution in [0.3, 0.4) is 0 Å². The van der Waals surface area contributed by atoms with Gasteiger partial charge in [-0.1, -0.05) is 12.1 Å². The quantitative estimate of drug-likeness (QED) is 0.392. The van der Waals surface area contributed by atoms with E-state index >= 15 is 4.39 Å². The summed E-state index contributed by atoms with van der Waals surface area (Å²) in [6, 6.07) is 10.1. The minimum Gasteiger partial charge on any atom is -0.496 e. The second kappa shape index (κ2) is 11.1. The maximum Gasteiger partial charge on any atom is 0.298 e. The molecule has 0 bridgehead atoms. The SMILES string of the molecule is CNc1ccc2c(c1OC=O)C[C@@H](C)N(CC1(F)CC1)C2c1ccc(NC2CN(CCCF)C2)cc1OC. The van der Waals surface area contributed by atoms with Crippen LogP contribution in [0, 0.1) is 0 Å². The molecule has 0 amide bonds. The van der Waals surface area contributed by atoms with Gasteiger partial charge in [-0.2, -0.15) is 0 Å². The summed E-state index contributed by atoms with van der Waals surface area (Å²) in [5.41, 5.74) is 3.42. The van der Waals surface area contributed by atoms with Crippen molar-refractivity contribution < 1.29 is 23.0 Å². The lowest BCUT2D eigenvalue weighted by Gasteiger charge is -2.44. The number of halogens is 2. The van der Waals surface area contributed by atoms with Crippen LogP contribution in [0.4, 0.5) is 20.2 Å². The standard InChI is InChI=1S/C29H38F2N4O3/c1-19-13-24-22(7-8-25(32-2)28(24)38-18-36)27(35(19)17-29(31)9-10-29)23-6-5-20(14-26(23)37-3)33-21-15-34(16-21)12-4-11-30/h5-8,14,18-19,21,27,32-33H,4,9-13,15-17H2,1-3H3/t19-,27?/m1/s1. The smallest absolute Gasteiger partial charge is 0.298 e. The highest BCUT2D eigenvalue weighted by atomic mass is 19.1. The number of benzene rings is 2. The molecule has 2 fully saturated rings. The number of carbonyl (C=O) groups excluding carboxylic acids is 1. The second-order valence-electron chi connectivity index (χ2n) is 10.9. The van der Waals surface area contributed by atoms with Crippen LogP contribution in [0.25, 0.3) is 0 Å². The first kappa shape index (κ1) is 26.7. The van der Waals surface area contributed by atoms with Gasteiger partial charge in [-0.15, -0.1) is 0 Å². The molecule has 3 aliphatic rings. The van der Waals surface area contributed by atoms with Crippen molar-refractivity contribution in [3.05, 3.63) is 47.0 Å². The molecule has 0 radical (unpaired) electrons. The van der Waals surface area contributed by atoms with Crippen LogP contribution in [0.1, 0.15) is 48.9 Å². The molecular formula is C29H38F2N4O3. The summed E-state index contributed by atoms with van der Waals surface area (Å²) in [7, 11) is 3.46. The van der Waals surface area contributed by atoms with E-state index in [1.807, 2.05) is 24.3 Å². The average Bonchev–Trinajstić information content (AvgIpc) is 3.63. The Morgan fingerprint density at radius 2 is 1.95 bits per heavy atom. The fourth-order valence-corrected chi connectivity index (χ4v) is 5.94.